The molecule has 2 aromatic heterocycles. The molecule has 2 aromatic carbocycles. The number of benzene rings is 2. The molecule has 154 valence electrons. The number of thiophene rings is 1. The lowest BCUT2D eigenvalue weighted by Crippen LogP contribution is -2.40. The minimum Gasteiger partial charge on any atom is -0.326 e. The van der Waals surface area contributed by atoms with Gasteiger partial charge in [0.05, 0.1) is 16.7 Å². The van der Waals surface area contributed by atoms with Crippen molar-refractivity contribution in [3.63, 3.8) is 0 Å². The Bertz CT molecular complexity index is 1260. The quantitative estimate of drug-likeness (QED) is 0.349. The molecular weight excluding hydrogens is 412 g/mol. The summed E-state index contributed by atoms with van der Waals surface area (Å²) in [6.07, 6.45) is 2.47. The van der Waals surface area contributed by atoms with Gasteiger partial charge in [0.25, 0.3) is 11.6 Å². The minimum absolute atomic E-state index is 0.0222. The summed E-state index contributed by atoms with van der Waals surface area (Å²) in [6.45, 7) is 0.607. The lowest BCUT2D eigenvalue weighted by Gasteiger charge is -2.36. The van der Waals surface area contributed by atoms with Crippen LogP contribution in [-0.2, 0) is 6.42 Å². The molecule has 4 aromatic rings. The first-order chi connectivity index (χ1) is 15.1. The van der Waals surface area contributed by atoms with Gasteiger partial charge in [-0.05, 0) is 41.1 Å². The van der Waals surface area contributed by atoms with Crippen molar-refractivity contribution in [1.29, 1.82) is 0 Å². The van der Waals surface area contributed by atoms with Crippen molar-refractivity contribution in [2.45, 2.75) is 12.5 Å². The number of hydrogen-bond acceptors (Lipinski definition) is 5. The first-order valence-corrected chi connectivity index (χ1v) is 10.7. The van der Waals surface area contributed by atoms with Gasteiger partial charge in [0.1, 0.15) is 0 Å². The molecule has 0 fully saturated rings. The van der Waals surface area contributed by atoms with Crippen LogP contribution in [0.2, 0.25) is 0 Å². The summed E-state index contributed by atoms with van der Waals surface area (Å²) in [5, 5.41) is 17.6. The molecule has 1 atom stereocenters. The molecule has 0 spiro atoms. The van der Waals surface area contributed by atoms with Gasteiger partial charge < -0.3 is 4.90 Å². The molecule has 3 heterocycles. The Kier molecular flexibility index (Phi) is 4.83. The van der Waals surface area contributed by atoms with E-state index in [1.165, 1.54) is 21.7 Å². The van der Waals surface area contributed by atoms with Crippen molar-refractivity contribution >= 4 is 22.9 Å². The predicted molar refractivity (Wildman–Crippen MR) is 118 cm³/mol. The Balaban J connectivity index is 1.49. The van der Waals surface area contributed by atoms with Gasteiger partial charge in [0.2, 0.25) is 0 Å². The fraction of sp³-hybridized carbons (Fsp3) is 0.130. The first kappa shape index (κ1) is 19.2. The highest BCUT2D eigenvalue weighted by atomic mass is 32.1. The molecule has 0 radical (unpaired) electrons. The third-order valence-corrected chi connectivity index (χ3v) is 6.45. The third kappa shape index (κ3) is 3.51. The maximum absolute atomic E-state index is 13.5. The van der Waals surface area contributed by atoms with Crippen molar-refractivity contribution in [2.24, 2.45) is 0 Å². The highest BCUT2D eigenvalue weighted by Crippen LogP contribution is 2.38. The zero-order chi connectivity index (χ0) is 21.4. The third-order valence-electron chi connectivity index (χ3n) is 5.46. The summed E-state index contributed by atoms with van der Waals surface area (Å²) < 4.78 is 1.50. The number of aromatic nitrogens is 2. The summed E-state index contributed by atoms with van der Waals surface area (Å²) in [5.41, 5.74) is 3.05. The second kappa shape index (κ2) is 7.81. The van der Waals surface area contributed by atoms with Gasteiger partial charge in [0.15, 0.2) is 5.69 Å². The van der Waals surface area contributed by atoms with Crippen LogP contribution in [0.3, 0.4) is 0 Å². The molecule has 8 heteroatoms. The van der Waals surface area contributed by atoms with Crippen LogP contribution in [0, 0.1) is 10.1 Å². The lowest BCUT2D eigenvalue weighted by atomic mass is 9.93. The van der Waals surface area contributed by atoms with Crippen molar-refractivity contribution in [2.75, 3.05) is 6.54 Å². The van der Waals surface area contributed by atoms with Crippen LogP contribution in [0.25, 0.3) is 5.69 Å². The van der Waals surface area contributed by atoms with E-state index in [4.69, 9.17) is 0 Å². The molecule has 1 aliphatic rings. The van der Waals surface area contributed by atoms with E-state index in [9.17, 15) is 14.9 Å². The lowest BCUT2D eigenvalue weighted by molar-refractivity contribution is -0.384. The monoisotopic (exact) mass is 430 g/mol. The summed E-state index contributed by atoms with van der Waals surface area (Å²) in [4.78, 5) is 27.3. The number of hydrogen-bond donors (Lipinski definition) is 0. The average molecular weight is 430 g/mol. The number of rotatable bonds is 4. The van der Waals surface area contributed by atoms with Crippen molar-refractivity contribution in [3.05, 3.63) is 110 Å². The molecule has 0 aliphatic carbocycles. The van der Waals surface area contributed by atoms with Crippen LogP contribution in [0.1, 0.15) is 32.5 Å². The van der Waals surface area contributed by atoms with Crippen molar-refractivity contribution < 1.29 is 9.72 Å². The minimum atomic E-state index is -0.449. The van der Waals surface area contributed by atoms with Crippen molar-refractivity contribution in [1.82, 2.24) is 14.7 Å². The van der Waals surface area contributed by atoms with Gasteiger partial charge in [-0.1, -0.05) is 36.4 Å². The van der Waals surface area contributed by atoms with E-state index in [1.807, 2.05) is 35.2 Å². The Labute approximate surface area is 182 Å². The number of nitro groups is 1. The van der Waals surface area contributed by atoms with E-state index in [0.717, 1.165) is 17.5 Å². The zero-order valence-corrected chi connectivity index (χ0v) is 17.2. The van der Waals surface area contributed by atoms with E-state index < -0.39 is 4.92 Å². The summed E-state index contributed by atoms with van der Waals surface area (Å²) in [7, 11) is 0. The Morgan fingerprint density at radius 2 is 1.94 bits per heavy atom. The number of fused-ring (bicyclic) bond motifs is 1. The first-order valence-electron chi connectivity index (χ1n) is 9.84. The van der Waals surface area contributed by atoms with Crippen LogP contribution < -0.4 is 0 Å². The number of nitro benzene ring substituents is 1. The molecule has 0 saturated heterocycles. The molecule has 5 rings (SSSR count). The number of amides is 1. The topological polar surface area (TPSA) is 81.3 Å². The van der Waals surface area contributed by atoms with E-state index in [2.05, 4.69) is 16.5 Å². The van der Waals surface area contributed by atoms with Crippen LogP contribution >= 0.6 is 11.3 Å². The van der Waals surface area contributed by atoms with Crippen LogP contribution in [0.5, 0.6) is 0 Å². The van der Waals surface area contributed by atoms with E-state index >= 15 is 0 Å². The second-order valence-corrected chi connectivity index (χ2v) is 8.28. The molecule has 1 amide bonds. The predicted octanol–water partition coefficient (Wildman–Crippen LogP) is 4.63. The number of nitrogens with zero attached hydrogens (tertiary/aromatic N) is 4. The van der Waals surface area contributed by atoms with Gasteiger partial charge in [0, 0.05) is 29.8 Å². The van der Waals surface area contributed by atoms with E-state index in [-0.39, 0.29) is 17.6 Å². The SMILES string of the molecule is O=C(c1ccn(-c2cccc([N+](=O)[O-])c2)n1)N1CCc2sccc2C1c1ccccc1. The maximum atomic E-state index is 13.5. The zero-order valence-electron chi connectivity index (χ0n) is 16.4. The molecular formula is C23H18N4O3S. The average Bonchev–Trinajstić information content (AvgIpc) is 3.48. The molecule has 31 heavy (non-hydrogen) atoms. The number of carbonyl (C=O) groups is 1. The molecule has 7 nitrogen and oxygen atoms in total. The maximum Gasteiger partial charge on any atom is 0.275 e. The van der Waals surface area contributed by atoms with Gasteiger partial charge in [-0.3, -0.25) is 14.9 Å². The number of carbonyl (C=O) groups excluding carboxylic acids is 1. The highest BCUT2D eigenvalue weighted by molar-refractivity contribution is 7.10. The van der Waals surface area contributed by atoms with E-state index in [0.29, 0.717) is 17.9 Å². The Morgan fingerprint density at radius 3 is 2.74 bits per heavy atom. The normalized spacial score (nSPS) is 15.5. The van der Waals surface area contributed by atoms with Crippen LogP contribution in [0.4, 0.5) is 5.69 Å². The summed E-state index contributed by atoms with van der Waals surface area (Å²) in [6, 6.07) is 19.8. The smallest absolute Gasteiger partial charge is 0.275 e. The van der Waals surface area contributed by atoms with Gasteiger partial charge in [-0.15, -0.1) is 11.3 Å². The highest BCUT2D eigenvalue weighted by Gasteiger charge is 2.34. The molecule has 0 bridgehead atoms. The Morgan fingerprint density at radius 1 is 1.10 bits per heavy atom. The Hall–Kier alpha value is -3.78. The van der Waals surface area contributed by atoms with E-state index in [1.54, 1.807) is 35.7 Å². The second-order valence-electron chi connectivity index (χ2n) is 7.28. The van der Waals surface area contributed by atoms with Gasteiger partial charge >= 0.3 is 0 Å². The number of non-ortho nitro benzene ring substituents is 1. The van der Waals surface area contributed by atoms with Crippen molar-refractivity contribution in [3.8, 4) is 5.69 Å². The summed E-state index contributed by atoms with van der Waals surface area (Å²) >= 11 is 1.73. The fourth-order valence-corrected chi connectivity index (χ4v) is 4.91. The fourth-order valence-electron chi connectivity index (χ4n) is 4.01. The summed E-state index contributed by atoms with van der Waals surface area (Å²) in [5.74, 6) is -0.158. The largest absolute Gasteiger partial charge is 0.326 e. The standard InChI is InChI=1S/C23H18N4O3S/c28-23(20-9-13-26(24-20)17-7-4-8-18(15-17)27(29)30)25-12-10-21-19(11-14-31-21)22(25)16-5-2-1-3-6-16/h1-9,11,13-15,22H,10,12H2. The molecule has 1 aliphatic heterocycles. The molecule has 1 unspecified atom stereocenters. The van der Waals surface area contributed by atoms with Gasteiger partial charge in [-0.2, -0.15) is 5.10 Å². The van der Waals surface area contributed by atoms with Crippen LogP contribution in [0.15, 0.2) is 78.3 Å². The van der Waals surface area contributed by atoms with Gasteiger partial charge in [-0.25, -0.2) is 4.68 Å². The molecule has 0 N–H and O–H groups in total. The van der Waals surface area contributed by atoms with Crippen LogP contribution in [-0.4, -0.2) is 32.1 Å². The molecule has 0 saturated carbocycles.